The number of methoxy groups -OCH3 is 1. The number of nitrogens with zero attached hydrogens (tertiary/aromatic N) is 1. The molecule has 1 atom stereocenters. The summed E-state index contributed by atoms with van der Waals surface area (Å²) in [5, 5.41) is 0. The van der Waals surface area contributed by atoms with Gasteiger partial charge in [-0.25, -0.2) is 0 Å². The predicted octanol–water partition coefficient (Wildman–Crippen LogP) is 2.97. The molecular weight excluding hydrogens is 260 g/mol. The Morgan fingerprint density at radius 1 is 1.19 bits per heavy atom. The monoisotopic (exact) mass is 290 g/mol. The lowest BCUT2D eigenvalue weighted by Gasteiger charge is -2.33. The number of hydrogen-bond donors (Lipinski definition) is 1. The van der Waals surface area contributed by atoms with E-state index in [0.717, 1.165) is 32.2 Å². The Hall–Kier alpha value is -0.900. The van der Waals surface area contributed by atoms with Gasteiger partial charge in [0.05, 0.1) is 0 Å². The zero-order valence-electron chi connectivity index (χ0n) is 14.0. The maximum absolute atomic E-state index is 6.50. The highest BCUT2D eigenvalue weighted by Crippen LogP contribution is 2.25. The zero-order valence-corrected chi connectivity index (χ0v) is 14.0. The van der Waals surface area contributed by atoms with Crippen LogP contribution in [-0.4, -0.2) is 38.3 Å². The molecule has 1 aromatic carbocycles. The van der Waals surface area contributed by atoms with Crippen molar-refractivity contribution in [2.45, 2.75) is 39.7 Å². The van der Waals surface area contributed by atoms with Crippen molar-refractivity contribution >= 4 is 0 Å². The summed E-state index contributed by atoms with van der Waals surface area (Å²) in [6.45, 7) is 10.7. The van der Waals surface area contributed by atoms with Crippen LogP contribution in [0.15, 0.2) is 12.1 Å². The first-order valence-electron chi connectivity index (χ1n) is 8.06. The molecule has 2 rings (SSSR count). The van der Waals surface area contributed by atoms with Crippen molar-refractivity contribution in [3.63, 3.8) is 0 Å². The van der Waals surface area contributed by atoms with Crippen LogP contribution in [0, 0.1) is 26.7 Å². The van der Waals surface area contributed by atoms with E-state index in [1.165, 1.54) is 35.1 Å². The molecule has 21 heavy (non-hydrogen) atoms. The number of hydrogen-bond acceptors (Lipinski definition) is 3. The third-order valence-electron chi connectivity index (χ3n) is 4.67. The average Bonchev–Trinajstić information content (AvgIpc) is 2.40. The van der Waals surface area contributed by atoms with Gasteiger partial charge in [-0.3, -0.25) is 0 Å². The van der Waals surface area contributed by atoms with E-state index in [1.54, 1.807) is 7.11 Å². The molecule has 0 aromatic heterocycles. The van der Waals surface area contributed by atoms with Crippen LogP contribution in [0.4, 0.5) is 0 Å². The molecule has 1 saturated heterocycles. The van der Waals surface area contributed by atoms with Crippen LogP contribution in [0.1, 0.15) is 41.1 Å². The fourth-order valence-electron chi connectivity index (χ4n) is 3.72. The first-order valence-corrected chi connectivity index (χ1v) is 8.06. The molecule has 1 fully saturated rings. The lowest BCUT2D eigenvalue weighted by molar-refractivity contribution is 0.0970. The van der Waals surface area contributed by atoms with Gasteiger partial charge in [0.25, 0.3) is 0 Å². The molecule has 3 heteroatoms. The highest BCUT2D eigenvalue weighted by molar-refractivity contribution is 5.39. The molecule has 1 unspecified atom stereocenters. The van der Waals surface area contributed by atoms with Gasteiger partial charge < -0.3 is 15.4 Å². The number of rotatable bonds is 5. The van der Waals surface area contributed by atoms with Crippen molar-refractivity contribution < 1.29 is 4.74 Å². The van der Waals surface area contributed by atoms with Crippen molar-refractivity contribution in [2.75, 3.05) is 33.4 Å². The number of aryl methyl sites for hydroxylation is 3. The first-order chi connectivity index (χ1) is 10.0. The Kier molecular flexibility index (Phi) is 5.80. The Morgan fingerprint density at radius 2 is 1.76 bits per heavy atom. The standard InChI is InChI=1S/C18H30N2O/c1-13-9-14(2)18(15(3)10-13)17(19)11-20-7-5-16(6-8-20)12-21-4/h9-10,16-17H,5-8,11-12,19H2,1-4H3. The van der Waals surface area contributed by atoms with Gasteiger partial charge in [-0.1, -0.05) is 17.7 Å². The van der Waals surface area contributed by atoms with Gasteiger partial charge in [-0.15, -0.1) is 0 Å². The molecule has 1 aliphatic heterocycles. The number of benzene rings is 1. The van der Waals surface area contributed by atoms with Gasteiger partial charge >= 0.3 is 0 Å². The number of nitrogens with two attached hydrogens (primary N) is 1. The molecule has 2 N–H and O–H groups in total. The van der Waals surface area contributed by atoms with Crippen LogP contribution in [0.3, 0.4) is 0 Å². The number of likely N-dealkylation sites (tertiary alicyclic amines) is 1. The third-order valence-corrected chi connectivity index (χ3v) is 4.67. The maximum Gasteiger partial charge on any atom is 0.0491 e. The van der Waals surface area contributed by atoms with E-state index in [0.29, 0.717) is 0 Å². The van der Waals surface area contributed by atoms with E-state index < -0.39 is 0 Å². The molecule has 0 amide bonds. The van der Waals surface area contributed by atoms with E-state index >= 15 is 0 Å². The van der Waals surface area contributed by atoms with Crippen LogP contribution >= 0.6 is 0 Å². The summed E-state index contributed by atoms with van der Waals surface area (Å²) >= 11 is 0. The molecule has 0 bridgehead atoms. The van der Waals surface area contributed by atoms with Crippen molar-refractivity contribution in [2.24, 2.45) is 11.7 Å². The van der Waals surface area contributed by atoms with Crippen molar-refractivity contribution in [1.29, 1.82) is 0 Å². The summed E-state index contributed by atoms with van der Waals surface area (Å²) in [5.74, 6) is 0.727. The Balaban J connectivity index is 1.95. The van der Waals surface area contributed by atoms with E-state index in [4.69, 9.17) is 10.5 Å². The predicted molar refractivity (Wildman–Crippen MR) is 88.6 cm³/mol. The summed E-state index contributed by atoms with van der Waals surface area (Å²) in [6.07, 6.45) is 2.46. The quantitative estimate of drug-likeness (QED) is 0.906. The van der Waals surface area contributed by atoms with Crippen molar-refractivity contribution in [3.05, 3.63) is 34.4 Å². The Bertz CT molecular complexity index is 441. The van der Waals surface area contributed by atoms with Crippen LogP contribution in [0.25, 0.3) is 0 Å². The highest BCUT2D eigenvalue weighted by atomic mass is 16.5. The molecule has 1 aliphatic rings. The van der Waals surface area contributed by atoms with E-state index in [9.17, 15) is 0 Å². The minimum Gasteiger partial charge on any atom is -0.384 e. The van der Waals surface area contributed by atoms with Gasteiger partial charge in [-0.2, -0.15) is 0 Å². The second kappa shape index (κ2) is 7.39. The lowest BCUT2D eigenvalue weighted by Crippen LogP contribution is -2.39. The summed E-state index contributed by atoms with van der Waals surface area (Å²) < 4.78 is 5.27. The number of ether oxygens (including phenoxy) is 1. The summed E-state index contributed by atoms with van der Waals surface area (Å²) in [5.41, 5.74) is 11.8. The van der Waals surface area contributed by atoms with Crippen molar-refractivity contribution in [3.8, 4) is 0 Å². The molecule has 0 spiro atoms. The van der Waals surface area contributed by atoms with Gasteiger partial charge in [0.2, 0.25) is 0 Å². The molecule has 1 aromatic rings. The first kappa shape index (κ1) is 16.5. The molecular formula is C18H30N2O. The Labute approximate surface area is 129 Å². The fraction of sp³-hybridized carbons (Fsp3) is 0.667. The second-order valence-electron chi connectivity index (χ2n) is 6.62. The van der Waals surface area contributed by atoms with Gasteiger partial charge in [0, 0.05) is 26.3 Å². The van der Waals surface area contributed by atoms with Gasteiger partial charge in [0.15, 0.2) is 0 Å². The second-order valence-corrected chi connectivity index (χ2v) is 6.62. The minimum absolute atomic E-state index is 0.115. The molecule has 0 saturated carbocycles. The largest absolute Gasteiger partial charge is 0.384 e. The summed E-state index contributed by atoms with van der Waals surface area (Å²) in [4.78, 5) is 2.51. The van der Waals surface area contributed by atoms with E-state index in [1.807, 2.05) is 0 Å². The Morgan fingerprint density at radius 3 is 2.29 bits per heavy atom. The third kappa shape index (κ3) is 4.29. The average molecular weight is 290 g/mol. The van der Waals surface area contributed by atoms with Gasteiger partial charge in [-0.05, 0) is 69.3 Å². The fourth-order valence-corrected chi connectivity index (χ4v) is 3.72. The normalized spacial score (nSPS) is 18.9. The molecule has 0 aliphatic carbocycles. The zero-order chi connectivity index (χ0) is 15.4. The lowest BCUT2D eigenvalue weighted by atomic mass is 9.93. The minimum atomic E-state index is 0.115. The SMILES string of the molecule is COCC1CCN(CC(N)c2c(C)cc(C)cc2C)CC1. The molecule has 0 radical (unpaired) electrons. The van der Waals surface area contributed by atoms with E-state index in [2.05, 4.69) is 37.8 Å². The molecule has 118 valence electrons. The van der Waals surface area contributed by atoms with Crippen molar-refractivity contribution in [1.82, 2.24) is 4.90 Å². The maximum atomic E-state index is 6.50. The number of piperidine rings is 1. The van der Waals surface area contributed by atoms with Crippen LogP contribution in [0.5, 0.6) is 0 Å². The van der Waals surface area contributed by atoms with Crippen LogP contribution in [0.2, 0.25) is 0 Å². The smallest absolute Gasteiger partial charge is 0.0491 e. The van der Waals surface area contributed by atoms with Gasteiger partial charge in [0.1, 0.15) is 0 Å². The molecule has 1 heterocycles. The highest BCUT2D eigenvalue weighted by Gasteiger charge is 2.22. The van der Waals surface area contributed by atoms with Crippen LogP contribution in [-0.2, 0) is 4.74 Å². The topological polar surface area (TPSA) is 38.5 Å². The summed E-state index contributed by atoms with van der Waals surface area (Å²) in [6, 6.07) is 4.60. The van der Waals surface area contributed by atoms with E-state index in [-0.39, 0.29) is 6.04 Å². The molecule has 3 nitrogen and oxygen atoms in total. The summed E-state index contributed by atoms with van der Waals surface area (Å²) in [7, 11) is 1.80. The van der Waals surface area contributed by atoms with Crippen LogP contribution < -0.4 is 5.73 Å².